The molecule has 0 saturated carbocycles. The van der Waals surface area contributed by atoms with Crippen LogP contribution in [-0.2, 0) is 0 Å². The molecule has 21 heavy (non-hydrogen) atoms. The largest absolute Gasteiger partial charge is 0.465 e. The van der Waals surface area contributed by atoms with Crippen molar-refractivity contribution >= 4 is 63.7 Å². The van der Waals surface area contributed by atoms with E-state index in [1.54, 1.807) is 17.0 Å². The van der Waals surface area contributed by atoms with Crippen molar-refractivity contribution in [2.75, 3.05) is 11.4 Å². The molecule has 0 bridgehead atoms. The van der Waals surface area contributed by atoms with Crippen molar-refractivity contribution in [1.82, 2.24) is 0 Å². The summed E-state index contributed by atoms with van der Waals surface area (Å²) in [4.78, 5) is 1.74. The number of benzene rings is 1. The highest BCUT2D eigenvalue weighted by Gasteiger charge is 2.56. The third-order valence-corrected chi connectivity index (χ3v) is 4.43. The van der Waals surface area contributed by atoms with Crippen LogP contribution in [0.3, 0.4) is 0 Å². The number of hydrogen-bond acceptors (Lipinski definition) is 3. The number of ether oxygens (including phenoxy) is 1. The molecule has 3 nitrogen and oxygen atoms in total. The van der Waals surface area contributed by atoms with Gasteiger partial charge in [-0.25, -0.2) is 0 Å². The van der Waals surface area contributed by atoms with Gasteiger partial charge in [0.25, 0.3) is 0 Å². The van der Waals surface area contributed by atoms with Crippen LogP contribution in [0.4, 0.5) is 5.69 Å². The zero-order chi connectivity index (χ0) is 15.8. The Labute approximate surface area is 147 Å². The molecular weight excluding hydrogens is 379 g/mol. The standard InChI is InChI=1S/C13H12Cl5NO2/c1-2-7-19-8-5-3-4-6-9(8)21-11(19)12(14,15)10(20)13(16,17)18/h2-6,10-11,20H,1,7H2. The number of nitrogens with zero attached hydrogens (tertiary/aromatic N) is 1. The van der Waals surface area contributed by atoms with Crippen molar-refractivity contribution in [3.63, 3.8) is 0 Å². The fourth-order valence-corrected chi connectivity index (χ4v) is 3.58. The summed E-state index contributed by atoms with van der Waals surface area (Å²) in [6.45, 7) is 4.08. The first-order valence-electron chi connectivity index (χ1n) is 5.95. The number of rotatable bonds is 4. The van der Waals surface area contributed by atoms with Gasteiger partial charge in [-0.15, -0.1) is 6.58 Å². The van der Waals surface area contributed by atoms with Crippen LogP contribution in [0.5, 0.6) is 5.75 Å². The van der Waals surface area contributed by atoms with E-state index in [4.69, 9.17) is 62.7 Å². The lowest BCUT2D eigenvalue weighted by Gasteiger charge is -2.38. The second-order valence-corrected chi connectivity index (χ2v) is 8.31. The molecule has 1 heterocycles. The van der Waals surface area contributed by atoms with Crippen LogP contribution in [0.25, 0.3) is 0 Å². The van der Waals surface area contributed by atoms with Gasteiger partial charge in [0.15, 0.2) is 0 Å². The smallest absolute Gasteiger partial charge is 0.219 e. The number of hydrogen-bond donors (Lipinski definition) is 1. The Morgan fingerprint density at radius 3 is 2.48 bits per heavy atom. The summed E-state index contributed by atoms with van der Waals surface area (Å²) in [6, 6.07) is 7.25. The molecule has 116 valence electrons. The molecular formula is C13H12Cl5NO2. The van der Waals surface area contributed by atoms with E-state index in [9.17, 15) is 5.11 Å². The van der Waals surface area contributed by atoms with Crippen LogP contribution in [0.2, 0.25) is 0 Å². The average molecular weight is 392 g/mol. The normalized spacial score (nSPS) is 19.9. The zero-order valence-electron chi connectivity index (χ0n) is 10.6. The van der Waals surface area contributed by atoms with Gasteiger partial charge in [0, 0.05) is 6.54 Å². The summed E-state index contributed by atoms with van der Waals surface area (Å²) in [6.07, 6.45) is -0.934. The van der Waals surface area contributed by atoms with Gasteiger partial charge in [-0.2, -0.15) is 0 Å². The molecule has 2 atom stereocenters. The summed E-state index contributed by atoms with van der Waals surface area (Å²) in [5.41, 5.74) is 0.768. The second kappa shape index (κ2) is 6.23. The number of fused-ring (bicyclic) bond motifs is 1. The molecule has 1 N–H and O–H groups in total. The molecule has 0 aromatic heterocycles. The van der Waals surface area contributed by atoms with Gasteiger partial charge in [-0.3, -0.25) is 0 Å². The lowest BCUT2D eigenvalue weighted by atomic mass is 10.2. The van der Waals surface area contributed by atoms with Gasteiger partial charge in [-0.05, 0) is 12.1 Å². The van der Waals surface area contributed by atoms with E-state index >= 15 is 0 Å². The predicted molar refractivity (Wildman–Crippen MR) is 89.1 cm³/mol. The summed E-state index contributed by atoms with van der Waals surface area (Å²) in [7, 11) is 0. The summed E-state index contributed by atoms with van der Waals surface area (Å²) in [5, 5.41) is 10.1. The minimum atomic E-state index is -2.05. The first kappa shape index (κ1) is 17.3. The number of aliphatic hydroxyl groups is 1. The van der Waals surface area contributed by atoms with Gasteiger partial charge >= 0.3 is 0 Å². The maximum absolute atomic E-state index is 10.1. The number of aliphatic hydroxyl groups excluding tert-OH is 1. The van der Waals surface area contributed by atoms with Crippen LogP contribution in [0.15, 0.2) is 36.9 Å². The van der Waals surface area contributed by atoms with E-state index in [1.807, 2.05) is 18.2 Å². The highest BCUT2D eigenvalue weighted by molar-refractivity contribution is 6.69. The molecule has 0 spiro atoms. The van der Waals surface area contributed by atoms with Gasteiger partial charge in [0.2, 0.25) is 14.4 Å². The third-order valence-electron chi connectivity index (χ3n) is 3.03. The highest BCUT2D eigenvalue weighted by Crippen LogP contribution is 2.49. The first-order chi connectivity index (χ1) is 9.69. The molecule has 0 radical (unpaired) electrons. The first-order valence-corrected chi connectivity index (χ1v) is 7.84. The van der Waals surface area contributed by atoms with Crippen LogP contribution in [0, 0.1) is 0 Å². The molecule has 1 aliphatic heterocycles. The van der Waals surface area contributed by atoms with Crippen molar-refractivity contribution in [2.24, 2.45) is 0 Å². The number of alkyl halides is 5. The fraction of sp³-hybridized carbons (Fsp3) is 0.385. The van der Waals surface area contributed by atoms with E-state index in [1.165, 1.54) is 0 Å². The molecule has 2 unspecified atom stereocenters. The van der Waals surface area contributed by atoms with Gasteiger partial charge in [0.05, 0.1) is 5.69 Å². The quantitative estimate of drug-likeness (QED) is 0.614. The molecule has 0 amide bonds. The summed E-state index contributed by atoms with van der Waals surface area (Å²) < 4.78 is 1.81. The molecule has 1 aromatic carbocycles. The second-order valence-electron chi connectivity index (χ2n) is 4.50. The Morgan fingerprint density at radius 1 is 1.29 bits per heavy atom. The molecule has 0 fully saturated rings. The SMILES string of the molecule is C=CCN1c2ccccc2OC1C(Cl)(Cl)C(O)C(Cl)(Cl)Cl. The Bertz CT molecular complexity index is 532. The van der Waals surface area contributed by atoms with E-state index in [0.717, 1.165) is 5.69 Å². The minimum absolute atomic E-state index is 0.398. The number of anilines is 1. The summed E-state index contributed by atoms with van der Waals surface area (Å²) in [5.74, 6) is 0.576. The number of halogens is 5. The van der Waals surface area contributed by atoms with Crippen molar-refractivity contribution < 1.29 is 9.84 Å². The lowest BCUT2D eigenvalue weighted by molar-refractivity contribution is 0.0931. The molecule has 2 rings (SSSR count). The Hall–Kier alpha value is -0.0300. The molecule has 0 saturated heterocycles. The maximum Gasteiger partial charge on any atom is 0.219 e. The summed E-state index contributed by atoms with van der Waals surface area (Å²) >= 11 is 29.6. The van der Waals surface area contributed by atoms with Gasteiger partial charge < -0.3 is 14.7 Å². The predicted octanol–water partition coefficient (Wildman–Crippen LogP) is 4.30. The Morgan fingerprint density at radius 2 is 1.90 bits per heavy atom. The lowest BCUT2D eigenvalue weighted by Crippen LogP contribution is -2.57. The minimum Gasteiger partial charge on any atom is -0.465 e. The van der Waals surface area contributed by atoms with Crippen molar-refractivity contribution in [1.29, 1.82) is 0 Å². The number of para-hydroxylation sites is 2. The van der Waals surface area contributed by atoms with Crippen molar-refractivity contribution in [2.45, 2.75) is 20.5 Å². The van der Waals surface area contributed by atoms with E-state index in [-0.39, 0.29) is 0 Å². The molecule has 0 aliphatic carbocycles. The Balaban J connectivity index is 2.37. The van der Waals surface area contributed by atoms with Crippen LogP contribution >= 0.6 is 58.0 Å². The monoisotopic (exact) mass is 389 g/mol. The van der Waals surface area contributed by atoms with Crippen molar-refractivity contribution in [3.05, 3.63) is 36.9 Å². The van der Waals surface area contributed by atoms with Gasteiger partial charge in [-0.1, -0.05) is 76.2 Å². The fourth-order valence-electron chi connectivity index (χ4n) is 2.08. The highest BCUT2D eigenvalue weighted by atomic mass is 35.6. The van der Waals surface area contributed by atoms with E-state index in [0.29, 0.717) is 12.3 Å². The van der Waals surface area contributed by atoms with Gasteiger partial charge in [0.1, 0.15) is 11.9 Å². The zero-order valence-corrected chi connectivity index (χ0v) is 14.4. The van der Waals surface area contributed by atoms with Crippen molar-refractivity contribution in [3.8, 4) is 5.75 Å². The van der Waals surface area contributed by atoms with Crippen LogP contribution < -0.4 is 9.64 Å². The third kappa shape index (κ3) is 3.34. The topological polar surface area (TPSA) is 32.7 Å². The van der Waals surface area contributed by atoms with Crippen LogP contribution in [0.1, 0.15) is 0 Å². The Kier molecular flexibility index (Phi) is 5.14. The maximum atomic E-state index is 10.1. The van der Waals surface area contributed by atoms with E-state index < -0.39 is 20.5 Å². The molecule has 1 aromatic rings. The average Bonchev–Trinajstić information content (AvgIpc) is 2.77. The van der Waals surface area contributed by atoms with E-state index in [2.05, 4.69) is 6.58 Å². The molecule has 8 heteroatoms. The van der Waals surface area contributed by atoms with Crippen LogP contribution in [-0.4, -0.2) is 32.1 Å². The molecule has 1 aliphatic rings.